The molecule has 0 amide bonds. The van der Waals surface area contributed by atoms with Crippen molar-refractivity contribution in [3.8, 4) is 0 Å². The number of rotatable bonds is 2. The molecule has 0 radical (unpaired) electrons. The summed E-state index contributed by atoms with van der Waals surface area (Å²) in [5.74, 6) is 0. The van der Waals surface area contributed by atoms with E-state index in [-0.39, 0.29) is 6.04 Å². The Balaban J connectivity index is 2.10. The molecule has 0 spiro atoms. The molecule has 0 bridgehead atoms. The van der Waals surface area contributed by atoms with E-state index in [0.29, 0.717) is 0 Å². The van der Waals surface area contributed by atoms with Crippen LogP contribution in [0.3, 0.4) is 0 Å². The van der Waals surface area contributed by atoms with Crippen molar-refractivity contribution in [3.63, 3.8) is 0 Å². The summed E-state index contributed by atoms with van der Waals surface area (Å²) < 4.78 is 5.03. The van der Waals surface area contributed by atoms with Gasteiger partial charge < -0.3 is 14.4 Å². The Morgan fingerprint density at radius 1 is 1.44 bits per heavy atom. The molecule has 2 heterocycles. The van der Waals surface area contributed by atoms with Gasteiger partial charge >= 0.3 is 0 Å². The number of aliphatic hydroxyl groups is 1. The van der Waals surface area contributed by atoms with Gasteiger partial charge in [-0.3, -0.25) is 4.90 Å². The molecule has 1 aliphatic heterocycles. The Morgan fingerprint density at radius 3 is 2.94 bits per heavy atom. The Morgan fingerprint density at radius 2 is 2.25 bits per heavy atom. The van der Waals surface area contributed by atoms with Gasteiger partial charge in [0, 0.05) is 12.1 Å². The summed E-state index contributed by atoms with van der Waals surface area (Å²) in [6.07, 6.45) is 3.92. The minimum atomic E-state index is -0.468. The van der Waals surface area contributed by atoms with E-state index in [0.717, 1.165) is 31.6 Å². The molecule has 1 aromatic rings. The third kappa shape index (κ3) is 2.45. The topological polar surface area (TPSA) is 39.9 Å². The summed E-state index contributed by atoms with van der Waals surface area (Å²) in [5.41, 5.74) is 0.868. The third-order valence-electron chi connectivity index (χ3n) is 3.36. The van der Waals surface area contributed by atoms with E-state index in [1.165, 1.54) is 0 Å². The van der Waals surface area contributed by atoms with Crippen molar-refractivity contribution in [2.45, 2.75) is 18.6 Å². The van der Waals surface area contributed by atoms with Crippen molar-refractivity contribution in [3.05, 3.63) is 24.2 Å². The smallest absolute Gasteiger partial charge is 0.0988 e. The monoisotopic (exact) mass is 224 g/mol. The molecule has 0 saturated carbocycles. The van der Waals surface area contributed by atoms with E-state index in [1.807, 2.05) is 6.07 Å². The molecule has 2 rings (SSSR count). The molecular formula is C12H20N2O2. The van der Waals surface area contributed by atoms with Crippen molar-refractivity contribution in [2.75, 3.05) is 33.7 Å². The first-order valence-electron chi connectivity index (χ1n) is 5.77. The molecule has 1 aliphatic rings. The highest BCUT2D eigenvalue weighted by Crippen LogP contribution is 2.23. The zero-order valence-electron chi connectivity index (χ0n) is 9.97. The molecule has 16 heavy (non-hydrogen) atoms. The maximum Gasteiger partial charge on any atom is 0.0988 e. The van der Waals surface area contributed by atoms with Crippen LogP contribution in [0, 0.1) is 0 Å². The zero-order chi connectivity index (χ0) is 11.5. The Hall–Kier alpha value is -0.840. The Bertz CT molecular complexity index is 313. The number of furan rings is 1. The van der Waals surface area contributed by atoms with Crippen molar-refractivity contribution in [1.82, 2.24) is 9.80 Å². The summed E-state index contributed by atoms with van der Waals surface area (Å²) in [6.45, 7) is 3.02. The van der Waals surface area contributed by atoms with Gasteiger partial charge in [0.25, 0.3) is 0 Å². The number of likely N-dealkylation sites (N-methyl/N-ethyl adjacent to an activating group) is 2. The minimum absolute atomic E-state index is 0.144. The van der Waals surface area contributed by atoms with E-state index in [4.69, 9.17) is 4.42 Å². The van der Waals surface area contributed by atoms with Crippen molar-refractivity contribution >= 4 is 0 Å². The highest BCUT2D eigenvalue weighted by atomic mass is 16.3. The van der Waals surface area contributed by atoms with Crippen LogP contribution in [0.25, 0.3) is 0 Å². The lowest BCUT2D eigenvalue weighted by atomic mass is 10.0. The van der Waals surface area contributed by atoms with Gasteiger partial charge in [-0.1, -0.05) is 0 Å². The lowest BCUT2D eigenvalue weighted by Crippen LogP contribution is -2.42. The van der Waals surface area contributed by atoms with Gasteiger partial charge in [-0.15, -0.1) is 0 Å². The second kappa shape index (κ2) is 4.99. The van der Waals surface area contributed by atoms with Crippen LogP contribution in [0.4, 0.5) is 0 Å². The van der Waals surface area contributed by atoms with Gasteiger partial charge in [0.2, 0.25) is 0 Å². The van der Waals surface area contributed by atoms with Gasteiger partial charge in [0.1, 0.15) is 0 Å². The first-order valence-corrected chi connectivity index (χ1v) is 5.77. The largest absolute Gasteiger partial charge is 0.472 e. The molecule has 90 valence electrons. The Kier molecular flexibility index (Phi) is 3.63. The number of aliphatic hydroxyl groups excluding tert-OH is 1. The first-order chi connectivity index (χ1) is 7.68. The van der Waals surface area contributed by atoms with E-state index >= 15 is 0 Å². The third-order valence-corrected chi connectivity index (χ3v) is 3.36. The minimum Gasteiger partial charge on any atom is -0.472 e. The van der Waals surface area contributed by atoms with Gasteiger partial charge in [-0.05, 0) is 39.7 Å². The van der Waals surface area contributed by atoms with Crippen molar-refractivity contribution in [2.24, 2.45) is 0 Å². The van der Waals surface area contributed by atoms with Crippen molar-refractivity contribution < 1.29 is 9.52 Å². The fourth-order valence-electron chi connectivity index (χ4n) is 2.31. The molecule has 0 aliphatic carbocycles. The van der Waals surface area contributed by atoms with Gasteiger partial charge in [0.15, 0.2) is 0 Å². The molecule has 4 heteroatoms. The number of nitrogens with zero attached hydrogens (tertiary/aromatic N) is 2. The van der Waals surface area contributed by atoms with Gasteiger partial charge in [-0.25, -0.2) is 0 Å². The molecule has 0 aromatic carbocycles. The lowest BCUT2D eigenvalue weighted by molar-refractivity contribution is 0.0568. The second-order valence-corrected chi connectivity index (χ2v) is 4.67. The molecule has 1 fully saturated rings. The maximum atomic E-state index is 10.3. The fourth-order valence-corrected chi connectivity index (χ4v) is 2.31. The van der Waals surface area contributed by atoms with Crippen LogP contribution in [-0.4, -0.2) is 54.7 Å². The Labute approximate surface area is 96.5 Å². The van der Waals surface area contributed by atoms with E-state index in [2.05, 4.69) is 23.9 Å². The number of hydrogen-bond donors (Lipinski definition) is 1. The first kappa shape index (κ1) is 11.6. The fraction of sp³-hybridized carbons (Fsp3) is 0.667. The predicted molar refractivity (Wildman–Crippen MR) is 62.2 cm³/mol. The van der Waals surface area contributed by atoms with Crippen LogP contribution in [0.15, 0.2) is 23.0 Å². The van der Waals surface area contributed by atoms with Crippen molar-refractivity contribution in [1.29, 1.82) is 0 Å². The summed E-state index contributed by atoms with van der Waals surface area (Å²) in [4.78, 5) is 4.51. The standard InChI is InChI=1S/C12H20N2O2/c1-13-5-3-6-14(2)11(8-13)12(15)10-4-7-16-9-10/h4,7,9,11-12,15H,3,5-6,8H2,1-2H3. The van der Waals surface area contributed by atoms with Crippen LogP contribution < -0.4 is 0 Å². The average molecular weight is 224 g/mol. The second-order valence-electron chi connectivity index (χ2n) is 4.67. The summed E-state index contributed by atoms with van der Waals surface area (Å²) >= 11 is 0. The number of hydrogen-bond acceptors (Lipinski definition) is 4. The van der Waals surface area contributed by atoms with Crippen LogP contribution in [0.5, 0.6) is 0 Å². The van der Waals surface area contributed by atoms with Crippen LogP contribution in [0.1, 0.15) is 18.1 Å². The summed E-state index contributed by atoms with van der Waals surface area (Å²) in [5, 5.41) is 10.3. The molecule has 1 aromatic heterocycles. The van der Waals surface area contributed by atoms with Crippen LogP contribution in [-0.2, 0) is 0 Å². The van der Waals surface area contributed by atoms with E-state index in [9.17, 15) is 5.11 Å². The van der Waals surface area contributed by atoms with E-state index in [1.54, 1.807) is 12.5 Å². The maximum absolute atomic E-state index is 10.3. The summed E-state index contributed by atoms with van der Waals surface area (Å²) in [7, 11) is 4.18. The molecule has 2 unspecified atom stereocenters. The van der Waals surface area contributed by atoms with Crippen LogP contribution >= 0.6 is 0 Å². The molecule has 1 N–H and O–H groups in total. The normalized spacial score (nSPS) is 26.6. The van der Waals surface area contributed by atoms with E-state index < -0.39 is 6.10 Å². The quantitative estimate of drug-likeness (QED) is 0.812. The SMILES string of the molecule is CN1CCCN(C)C(C(O)c2ccoc2)C1. The highest BCUT2D eigenvalue weighted by molar-refractivity contribution is 5.12. The summed E-state index contributed by atoms with van der Waals surface area (Å²) in [6, 6.07) is 1.98. The molecule has 4 nitrogen and oxygen atoms in total. The lowest BCUT2D eigenvalue weighted by Gasteiger charge is -2.31. The van der Waals surface area contributed by atoms with Crippen LogP contribution in [0.2, 0.25) is 0 Å². The molecule has 2 atom stereocenters. The highest BCUT2D eigenvalue weighted by Gasteiger charge is 2.28. The zero-order valence-corrected chi connectivity index (χ0v) is 9.97. The van der Waals surface area contributed by atoms with Gasteiger partial charge in [-0.2, -0.15) is 0 Å². The average Bonchev–Trinajstić information content (AvgIpc) is 2.72. The molecular weight excluding hydrogens is 204 g/mol. The molecule has 1 saturated heterocycles. The van der Waals surface area contributed by atoms with Gasteiger partial charge in [0.05, 0.1) is 24.7 Å². The predicted octanol–water partition coefficient (Wildman–Crippen LogP) is 0.949.